The lowest BCUT2D eigenvalue weighted by Gasteiger charge is -2.45. The van der Waals surface area contributed by atoms with Crippen LogP contribution in [-0.2, 0) is 14.8 Å². The van der Waals surface area contributed by atoms with Crippen LogP contribution < -0.4 is 4.90 Å². The Bertz CT molecular complexity index is 980. The molecule has 0 aliphatic carbocycles. The molecule has 2 unspecified atom stereocenters. The lowest BCUT2D eigenvalue weighted by molar-refractivity contribution is -0.113. The first-order valence-electron chi connectivity index (χ1n) is 9.62. The summed E-state index contributed by atoms with van der Waals surface area (Å²) in [6, 6.07) is 16.0. The largest absolute Gasteiger partial charge is 0.378 e. The van der Waals surface area contributed by atoms with E-state index >= 15 is 0 Å². The standard InChI is InChI=1S/C21H25N3O4S/c1-22(2)17-8-6-7-16(11-17)21(25)23-12-18-14-24(15-19(13-23)28-18)29(26,27)20-9-4-3-5-10-20/h3-11,18-19H,12-15H2,1-2H3. The van der Waals surface area contributed by atoms with Crippen LogP contribution in [-0.4, -0.2) is 76.0 Å². The van der Waals surface area contributed by atoms with E-state index in [2.05, 4.69) is 0 Å². The van der Waals surface area contributed by atoms with Crippen LogP contribution in [0.3, 0.4) is 0 Å². The van der Waals surface area contributed by atoms with Gasteiger partial charge in [-0.3, -0.25) is 4.79 Å². The number of rotatable bonds is 4. The molecule has 2 bridgehead atoms. The van der Waals surface area contributed by atoms with Crippen molar-refractivity contribution in [3.63, 3.8) is 0 Å². The minimum Gasteiger partial charge on any atom is -0.378 e. The number of hydrogen-bond donors (Lipinski definition) is 0. The second-order valence-corrected chi connectivity index (χ2v) is 9.61. The minimum atomic E-state index is -3.56. The van der Waals surface area contributed by atoms with E-state index in [-0.39, 0.29) is 36.1 Å². The summed E-state index contributed by atoms with van der Waals surface area (Å²) in [4.78, 5) is 17.0. The third-order valence-electron chi connectivity index (χ3n) is 5.33. The molecule has 29 heavy (non-hydrogen) atoms. The Balaban J connectivity index is 1.49. The van der Waals surface area contributed by atoms with Gasteiger partial charge in [0.25, 0.3) is 5.91 Å². The number of benzene rings is 2. The zero-order chi connectivity index (χ0) is 20.6. The van der Waals surface area contributed by atoms with Crippen LogP contribution in [0.25, 0.3) is 0 Å². The van der Waals surface area contributed by atoms with Crippen molar-refractivity contribution in [2.75, 3.05) is 45.2 Å². The summed E-state index contributed by atoms with van der Waals surface area (Å²) in [6.45, 7) is 1.25. The highest BCUT2D eigenvalue weighted by atomic mass is 32.2. The highest BCUT2D eigenvalue weighted by Crippen LogP contribution is 2.26. The van der Waals surface area contributed by atoms with Crippen molar-refractivity contribution in [2.45, 2.75) is 17.1 Å². The van der Waals surface area contributed by atoms with E-state index in [9.17, 15) is 13.2 Å². The summed E-state index contributed by atoms with van der Waals surface area (Å²) in [5.41, 5.74) is 1.59. The van der Waals surface area contributed by atoms with E-state index in [1.54, 1.807) is 35.2 Å². The summed E-state index contributed by atoms with van der Waals surface area (Å²) in [5, 5.41) is 0. The Kier molecular flexibility index (Phi) is 5.33. The Morgan fingerprint density at radius 2 is 1.62 bits per heavy atom. The van der Waals surface area contributed by atoms with Gasteiger partial charge < -0.3 is 14.5 Å². The van der Waals surface area contributed by atoms with Gasteiger partial charge in [0.1, 0.15) is 0 Å². The van der Waals surface area contributed by atoms with E-state index in [4.69, 9.17) is 4.74 Å². The molecule has 0 N–H and O–H groups in total. The minimum absolute atomic E-state index is 0.0497. The number of carbonyl (C=O) groups is 1. The Morgan fingerprint density at radius 1 is 0.966 bits per heavy atom. The average molecular weight is 416 g/mol. The monoisotopic (exact) mass is 415 g/mol. The molecule has 2 aromatic carbocycles. The highest BCUT2D eigenvalue weighted by Gasteiger charge is 2.41. The third kappa shape index (κ3) is 4.01. The first-order valence-corrected chi connectivity index (χ1v) is 11.1. The van der Waals surface area contributed by atoms with Crippen LogP contribution in [0, 0.1) is 0 Å². The molecule has 4 rings (SSSR count). The summed E-state index contributed by atoms with van der Waals surface area (Å²) >= 11 is 0. The molecule has 2 aliphatic heterocycles. The summed E-state index contributed by atoms with van der Waals surface area (Å²) in [6.07, 6.45) is -0.663. The lowest BCUT2D eigenvalue weighted by atomic mass is 10.1. The molecule has 2 heterocycles. The van der Waals surface area contributed by atoms with Gasteiger partial charge in [0.15, 0.2) is 0 Å². The predicted octanol–water partition coefficient (Wildman–Crippen LogP) is 1.67. The first kappa shape index (κ1) is 19.9. The Morgan fingerprint density at radius 3 is 2.24 bits per heavy atom. The van der Waals surface area contributed by atoms with Crippen LogP contribution in [0.1, 0.15) is 10.4 Å². The molecule has 0 saturated carbocycles. The van der Waals surface area contributed by atoms with E-state index in [0.29, 0.717) is 18.7 Å². The van der Waals surface area contributed by atoms with E-state index < -0.39 is 10.0 Å². The SMILES string of the molecule is CN(C)c1cccc(C(=O)N2CC3CN(S(=O)(=O)c4ccccc4)CC(C2)O3)c1. The lowest BCUT2D eigenvalue weighted by Crippen LogP contribution is -2.61. The topological polar surface area (TPSA) is 70.2 Å². The van der Waals surface area contributed by atoms with Gasteiger partial charge in [-0.25, -0.2) is 8.42 Å². The molecule has 2 saturated heterocycles. The predicted molar refractivity (Wildman–Crippen MR) is 111 cm³/mol. The van der Waals surface area contributed by atoms with E-state index in [1.165, 1.54) is 4.31 Å². The van der Waals surface area contributed by atoms with Gasteiger partial charge >= 0.3 is 0 Å². The number of fused-ring (bicyclic) bond motifs is 2. The number of carbonyl (C=O) groups excluding carboxylic acids is 1. The molecule has 2 aromatic rings. The van der Waals surface area contributed by atoms with Crippen LogP contribution in [0.5, 0.6) is 0 Å². The smallest absolute Gasteiger partial charge is 0.254 e. The zero-order valence-electron chi connectivity index (χ0n) is 16.6. The van der Waals surface area contributed by atoms with Gasteiger partial charge in [-0.2, -0.15) is 4.31 Å². The average Bonchev–Trinajstić information content (AvgIpc) is 2.73. The molecular weight excluding hydrogens is 390 g/mol. The van der Waals surface area contributed by atoms with Crippen molar-refractivity contribution in [3.05, 3.63) is 60.2 Å². The fourth-order valence-electron chi connectivity index (χ4n) is 3.86. The quantitative estimate of drug-likeness (QED) is 0.760. The second-order valence-electron chi connectivity index (χ2n) is 7.67. The van der Waals surface area contributed by atoms with Crippen molar-refractivity contribution >= 4 is 21.6 Å². The molecule has 2 fully saturated rings. The molecule has 8 heteroatoms. The van der Waals surface area contributed by atoms with Gasteiger partial charge in [0, 0.05) is 51.5 Å². The number of hydrogen-bond acceptors (Lipinski definition) is 5. The molecule has 7 nitrogen and oxygen atoms in total. The van der Waals surface area contributed by atoms with Gasteiger partial charge in [0.05, 0.1) is 17.1 Å². The van der Waals surface area contributed by atoms with Gasteiger partial charge in [-0.05, 0) is 30.3 Å². The number of nitrogens with zero attached hydrogens (tertiary/aromatic N) is 3. The zero-order valence-corrected chi connectivity index (χ0v) is 17.4. The first-order chi connectivity index (χ1) is 13.8. The highest BCUT2D eigenvalue weighted by molar-refractivity contribution is 7.89. The third-order valence-corrected chi connectivity index (χ3v) is 7.17. The second kappa shape index (κ2) is 7.78. The molecule has 2 atom stereocenters. The summed E-state index contributed by atoms with van der Waals surface area (Å²) < 4.78 is 33.3. The number of sulfonamides is 1. The Labute approximate surface area is 171 Å². The molecule has 0 radical (unpaired) electrons. The molecule has 154 valence electrons. The van der Waals surface area contributed by atoms with Crippen molar-refractivity contribution in [1.82, 2.24) is 9.21 Å². The fraction of sp³-hybridized carbons (Fsp3) is 0.381. The molecule has 2 aliphatic rings. The number of anilines is 1. The van der Waals surface area contributed by atoms with Crippen molar-refractivity contribution in [1.29, 1.82) is 0 Å². The van der Waals surface area contributed by atoms with Crippen molar-refractivity contribution < 1.29 is 17.9 Å². The number of ether oxygens (including phenoxy) is 1. The van der Waals surface area contributed by atoms with Gasteiger partial charge in [0.2, 0.25) is 10.0 Å². The van der Waals surface area contributed by atoms with E-state index in [0.717, 1.165) is 5.69 Å². The molecule has 0 spiro atoms. The maximum Gasteiger partial charge on any atom is 0.254 e. The van der Waals surface area contributed by atoms with Crippen LogP contribution in [0.2, 0.25) is 0 Å². The van der Waals surface area contributed by atoms with Crippen molar-refractivity contribution in [3.8, 4) is 0 Å². The van der Waals surface area contributed by atoms with Gasteiger partial charge in [-0.1, -0.05) is 24.3 Å². The summed E-state index contributed by atoms with van der Waals surface area (Å²) in [7, 11) is 0.305. The number of amides is 1. The van der Waals surface area contributed by atoms with Crippen LogP contribution in [0.4, 0.5) is 5.69 Å². The van der Waals surface area contributed by atoms with E-state index in [1.807, 2.05) is 43.3 Å². The maximum absolute atomic E-state index is 13.0. The molecular formula is C21H25N3O4S. The molecule has 1 amide bonds. The number of morpholine rings is 2. The van der Waals surface area contributed by atoms with Gasteiger partial charge in [-0.15, -0.1) is 0 Å². The normalized spacial score (nSPS) is 22.3. The molecule has 0 aromatic heterocycles. The Hall–Kier alpha value is -2.42. The maximum atomic E-state index is 13.0. The fourth-order valence-corrected chi connectivity index (χ4v) is 5.38. The van der Waals surface area contributed by atoms with Crippen LogP contribution in [0.15, 0.2) is 59.5 Å². The van der Waals surface area contributed by atoms with Crippen molar-refractivity contribution in [2.24, 2.45) is 0 Å². The summed E-state index contributed by atoms with van der Waals surface area (Å²) in [5.74, 6) is -0.0497. The van der Waals surface area contributed by atoms with Crippen LogP contribution >= 0.6 is 0 Å².